The van der Waals surface area contributed by atoms with Gasteiger partial charge in [-0.05, 0) is 30.3 Å². The Bertz CT molecular complexity index is 921. The van der Waals surface area contributed by atoms with Crippen LogP contribution >= 0.6 is 0 Å². The maximum atomic E-state index is 13.8. The van der Waals surface area contributed by atoms with Gasteiger partial charge in [-0.2, -0.15) is 5.26 Å². The highest BCUT2D eigenvalue weighted by Gasteiger charge is 2.16. The molecule has 3 aromatic rings. The summed E-state index contributed by atoms with van der Waals surface area (Å²) in [4.78, 5) is 12.4. The van der Waals surface area contributed by atoms with Crippen LogP contribution in [0.15, 0.2) is 48.5 Å². The molecule has 0 saturated heterocycles. The normalized spacial score (nSPS) is 10.4. The fourth-order valence-electron chi connectivity index (χ4n) is 2.42. The second kappa shape index (κ2) is 5.34. The van der Waals surface area contributed by atoms with Crippen LogP contribution in [0.2, 0.25) is 0 Å². The average Bonchev–Trinajstić information content (AvgIpc) is 2.87. The fourth-order valence-corrected chi connectivity index (χ4v) is 2.42. The number of fused-ring (bicyclic) bond motifs is 1. The number of aryl methyl sites for hydroxylation is 1. The van der Waals surface area contributed by atoms with E-state index >= 15 is 0 Å². The Morgan fingerprint density at radius 1 is 1.23 bits per heavy atom. The molecule has 3 rings (SSSR count). The van der Waals surface area contributed by atoms with Crippen LogP contribution in [0.25, 0.3) is 10.9 Å². The van der Waals surface area contributed by atoms with E-state index < -0.39 is 0 Å². The van der Waals surface area contributed by atoms with E-state index in [2.05, 4.69) is 5.32 Å². The van der Waals surface area contributed by atoms with Crippen molar-refractivity contribution < 1.29 is 9.18 Å². The number of carbonyl (C=O) groups is 1. The largest absolute Gasteiger partial charge is 0.340 e. The predicted molar refractivity (Wildman–Crippen MR) is 82.0 cm³/mol. The van der Waals surface area contributed by atoms with Gasteiger partial charge in [0.25, 0.3) is 5.91 Å². The Balaban J connectivity index is 2.01. The summed E-state index contributed by atoms with van der Waals surface area (Å²) in [6.45, 7) is 0. The van der Waals surface area contributed by atoms with Crippen LogP contribution < -0.4 is 5.32 Å². The molecule has 1 heterocycles. The van der Waals surface area contributed by atoms with Crippen molar-refractivity contribution in [3.63, 3.8) is 0 Å². The van der Waals surface area contributed by atoms with Crippen molar-refractivity contribution in [1.29, 1.82) is 5.26 Å². The molecule has 0 saturated carbocycles. The molecule has 0 aliphatic rings. The number of rotatable bonds is 2. The van der Waals surface area contributed by atoms with Crippen LogP contribution in [0.3, 0.4) is 0 Å². The molecule has 2 aromatic carbocycles. The molecular weight excluding hydrogens is 281 g/mol. The van der Waals surface area contributed by atoms with Gasteiger partial charge in [0.1, 0.15) is 17.6 Å². The van der Waals surface area contributed by atoms with E-state index in [-0.39, 0.29) is 11.7 Å². The fraction of sp³-hybridized carbons (Fsp3) is 0.0588. The van der Waals surface area contributed by atoms with Gasteiger partial charge in [-0.25, -0.2) is 4.39 Å². The first kappa shape index (κ1) is 13.8. The lowest BCUT2D eigenvalue weighted by atomic mass is 10.2. The molecule has 0 spiro atoms. The molecular formula is C17H12FN3O. The van der Waals surface area contributed by atoms with Crippen molar-refractivity contribution in [3.8, 4) is 6.07 Å². The van der Waals surface area contributed by atoms with Crippen molar-refractivity contribution in [1.82, 2.24) is 4.57 Å². The molecule has 0 atom stereocenters. The second-order valence-electron chi connectivity index (χ2n) is 4.87. The highest BCUT2D eigenvalue weighted by Crippen LogP contribution is 2.23. The number of nitrogens with zero attached hydrogens (tertiary/aromatic N) is 2. The summed E-state index contributed by atoms with van der Waals surface area (Å²) in [5.74, 6) is -0.759. The first-order valence-electron chi connectivity index (χ1n) is 6.66. The molecule has 0 fully saturated rings. The Labute approximate surface area is 126 Å². The first-order chi connectivity index (χ1) is 10.6. The monoisotopic (exact) mass is 293 g/mol. The van der Waals surface area contributed by atoms with Crippen molar-refractivity contribution in [2.24, 2.45) is 7.05 Å². The maximum absolute atomic E-state index is 13.8. The number of benzene rings is 2. The molecule has 108 valence electrons. The van der Waals surface area contributed by atoms with E-state index in [0.717, 1.165) is 0 Å². The topological polar surface area (TPSA) is 57.8 Å². The van der Waals surface area contributed by atoms with E-state index in [1.807, 2.05) is 6.07 Å². The van der Waals surface area contributed by atoms with Gasteiger partial charge in [0, 0.05) is 12.4 Å². The molecule has 0 unspecified atom stereocenters. The highest BCUT2D eigenvalue weighted by molar-refractivity contribution is 6.07. The first-order valence-corrected chi connectivity index (χ1v) is 6.66. The second-order valence-corrected chi connectivity index (χ2v) is 4.87. The maximum Gasteiger partial charge on any atom is 0.272 e. The number of carbonyl (C=O) groups excluding carboxylic acids is 1. The van der Waals surface area contributed by atoms with Gasteiger partial charge in [-0.15, -0.1) is 0 Å². The number of hydrogen-bond acceptors (Lipinski definition) is 2. The Hall–Kier alpha value is -3.13. The van der Waals surface area contributed by atoms with Gasteiger partial charge in [-0.3, -0.25) is 4.79 Å². The number of amides is 1. The van der Waals surface area contributed by atoms with Gasteiger partial charge in [0.2, 0.25) is 0 Å². The van der Waals surface area contributed by atoms with E-state index in [4.69, 9.17) is 5.26 Å². The molecule has 0 aliphatic carbocycles. The van der Waals surface area contributed by atoms with Gasteiger partial charge < -0.3 is 9.88 Å². The zero-order valence-corrected chi connectivity index (χ0v) is 11.8. The summed E-state index contributed by atoms with van der Waals surface area (Å²) in [5, 5.41) is 12.1. The molecule has 4 nitrogen and oxygen atoms in total. The summed E-state index contributed by atoms with van der Waals surface area (Å²) in [5.41, 5.74) is 1.77. The highest BCUT2D eigenvalue weighted by atomic mass is 19.1. The van der Waals surface area contributed by atoms with Gasteiger partial charge in [0.15, 0.2) is 0 Å². The van der Waals surface area contributed by atoms with Crippen molar-refractivity contribution in [2.45, 2.75) is 0 Å². The smallest absolute Gasteiger partial charge is 0.272 e. The lowest BCUT2D eigenvalue weighted by Crippen LogP contribution is -2.16. The molecule has 1 aromatic heterocycles. The van der Waals surface area contributed by atoms with Gasteiger partial charge in [0.05, 0.1) is 16.8 Å². The van der Waals surface area contributed by atoms with Crippen molar-refractivity contribution in [2.75, 3.05) is 5.32 Å². The Morgan fingerprint density at radius 3 is 2.73 bits per heavy atom. The molecule has 0 aliphatic heterocycles. The molecule has 0 radical (unpaired) electrons. The summed E-state index contributed by atoms with van der Waals surface area (Å²) in [6.07, 6.45) is 0. The molecule has 0 bridgehead atoms. The number of nitrogens with one attached hydrogen (secondary N) is 1. The minimum absolute atomic E-state index is 0.327. The standard InChI is InChI=1S/C17H12FN3O/c1-21-15-8-4-6-13(18)12(15)9-16(21)17(22)20-14-7-3-2-5-11(14)10-19/h2-9H,1H3,(H,20,22). The molecule has 22 heavy (non-hydrogen) atoms. The Kier molecular flexibility index (Phi) is 3.36. The van der Waals surface area contributed by atoms with E-state index in [1.165, 1.54) is 12.1 Å². The van der Waals surface area contributed by atoms with Crippen LogP contribution in [-0.2, 0) is 7.05 Å². The number of para-hydroxylation sites is 1. The number of anilines is 1. The third-order valence-electron chi connectivity index (χ3n) is 3.56. The summed E-state index contributed by atoms with van der Waals surface area (Å²) >= 11 is 0. The number of hydrogen-bond donors (Lipinski definition) is 1. The van der Waals surface area contributed by atoms with Crippen LogP contribution in [0.5, 0.6) is 0 Å². The number of nitriles is 1. The van der Waals surface area contributed by atoms with Crippen molar-refractivity contribution in [3.05, 3.63) is 65.6 Å². The summed E-state index contributed by atoms with van der Waals surface area (Å²) in [7, 11) is 1.70. The zero-order chi connectivity index (χ0) is 15.7. The number of halogens is 1. The third kappa shape index (κ3) is 2.21. The SMILES string of the molecule is Cn1c(C(=O)Nc2ccccc2C#N)cc2c(F)cccc21. The van der Waals surface area contributed by atoms with Crippen LogP contribution in [0.4, 0.5) is 10.1 Å². The summed E-state index contributed by atoms with van der Waals surface area (Å²) < 4.78 is 15.4. The number of aromatic nitrogens is 1. The minimum atomic E-state index is -0.388. The van der Waals surface area contributed by atoms with Crippen LogP contribution in [-0.4, -0.2) is 10.5 Å². The predicted octanol–water partition coefficient (Wildman–Crippen LogP) is 3.44. The van der Waals surface area contributed by atoms with E-state index in [9.17, 15) is 9.18 Å². The summed E-state index contributed by atoms with van der Waals surface area (Å²) in [6, 6.07) is 15.0. The van der Waals surface area contributed by atoms with Crippen LogP contribution in [0, 0.1) is 17.1 Å². The average molecular weight is 293 g/mol. The molecule has 5 heteroatoms. The zero-order valence-electron chi connectivity index (χ0n) is 11.8. The lowest BCUT2D eigenvalue weighted by molar-refractivity contribution is 0.101. The minimum Gasteiger partial charge on any atom is -0.340 e. The lowest BCUT2D eigenvalue weighted by Gasteiger charge is -2.07. The third-order valence-corrected chi connectivity index (χ3v) is 3.56. The van der Waals surface area contributed by atoms with Gasteiger partial charge >= 0.3 is 0 Å². The van der Waals surface area contributed by atoms with Crippen LogP contribution in [0.1, 0.15) is 16.1 Å². The quantitative estimate of drug-likeness (QED) is 0.786. The van der Waals surface area contributed by atoms with E-state index in [1.54, 1.807) is 48.0 Å². The van der Waals surface area contributed by atoms with Crippen molar-refractivity contribution >= 4 is 22.5 Å². The molecule has 1 N–H and O–H groups in total. The Morgan fingerprint density at radius 2 is 2.00 bits per heavy atom. The van der Waals surface area contributed by atoms with Gasteiger partial charge in [-0.1, -0.05) is 18.2 Å². The van der Waals surface area contributed by atoms with E-state index in [0.29, 0.717) is 27.8 Å². The molecule has 1 amide bonds.